The molecular formula is C28H32N6O2S. The van der Waals surface area contributed by atoms with Crippen LogP contribution in [-0.4, -0.2) is 33.3 Å². The van der Waals surface area contributed by atoms with Gasteiger partial charge in [-0.25, -0.2) is 9.97 Å². The molecule has 0 radical (unpaired) electrons. The molecule has 2 atom stereocenters. The fraction of sp³-hybridized carbons (Fsp3) is 0.357. The van der Waals surface area contributed by atoms with E-state index in [1.54, 1.807) is 6.07 Å². The van der Waals surface area contributed by atoms with Crippen molar-refractivity contribution in [3.8, 4) is 0 Å². The number of fused-ring (bicyclic) bond motifs is 2. The number of imidazole rings is 1. The topological polar surface area (TPSA) is 126 Å². The van der Waals surface area contributed by atoms with Crippen molar-refractivity contribution >= 4 is 39.1 Å². The summed E-state index contributed by atoms with van der Waals surface area (Å²) in [4.78, 5) is 38.6. The van der Waals surface area contributed by atoms with Crippen molar-refractivity contribution in [1.82, 2.24) is 20.3 Å². The van der Waals surface area contributed by atoms with Crippen LogP contribution in [0.25, 0.3) is 10.2 Å². The maximum Gasteiger partial charge on any atom is 0.273 e. The van der Waals surface area contributed by atoms with Gasteiger partial charge in [-0.3, -0.25) is 9.59 Å². The number of hydrogen-bond donors (Lipinski definition) is 4. The number of nitrogens with zero attached hydrogens (tertiary/aromatic N) is 2. The molecule has 0 bridgehead atoms. The van der Waals surface area contributed by atoms with Gasteiger partial charge in [0.15, 0.2) is 0 Å². The first-order valence-electron chi connectivity index (χ1n) is 12.5. The predicted octanol–water partition coefficient (Wildman–Crippen LogP) is 4.85. The lowest BCUT2D eigenvalue weighted by Crippen LogP contribution is -2.33. The van der Waals surface area contributed by atoms with E-state index in [1.165, 1.54) is 29.4 Å². The third-order valence-electron chi connectivity index (χ3n) is 7.15. The fourth-order valence-corrected chi connectivity index (χ4v) is 5.83. The summed E-state index contributed by atoms with van der Waals surface area (Å²) >= 11 is 1.41. The number of H-pyrrole nitrogens is 1. The van der Waals surface area contributed by atoms with Crippen LogP contribution in [-0.2, 0) is 12.8 Å². The van der Waals surface area contributed by atoms with E-state index in [-0.39, 0.29) is 23.8 Å². The monoisotopic (exact) mass is 516 g/mol. The molecule has 0 aliphatic heterocycles. The minimum absolute atomic E-state index is 0.184. The standard InChI is InChI=1S/C28H32N6O2S/c1-28(2,3)19-7-8-21-17(10-19)9-18-12-24(37-27(18)34-21)26(36)33-22(13-29)16-5-4-6-20(11-16)32-25(35)23-14-30-15-31-23/h4-6,9,11-12,14-15,19,22H,7-8,10,13,29H2,1-3H3,(H,30,31)(H,32,35)(H,33,36)/t19-,22-/m1/s1. The Balaban J connectivity index is 1.31. The second kappa shape index (κ2) is 10.1. The molecule has 9 heteroatoms. The summed E-state index contributed by atoms with van der Waals surface area (Å²) in [6, 6.07) is 11.1. The Morgan fingerprint density at radius 3 is 2.78 bits per heavy atom. The number of rotatable bonds is 6. The molecule has 1 aliphatic carbocycles. The highest BCUT2D eigenvalue weighted by molar-refractivity contribution is 7.20. The number of carbonyl (C=O) groups excluding carboxylic acids is 2. The molecule has 3 aromatic heterocycles. The van der Waals surface area contributed by atoms with Gasteiger partial charge in [0.05, 0.1) is 23.4 Å². The number of aromatic amines is 1. The van der Waals surface area contributed by atoms with Crippen molar-refractivity contribution < 1.29 is 9.59 Å². The largest absolute Gasteiger partial charge is 0.343 e. The SMILES string of the molecule is CC(C)(C)[C@@H]1CCc2nc3sc(C(=O)N[C@H](CN)c4cccc(NC(=O)c5cnc[nH]5)c4)cc3cc2C1. The number of carbonyl (C=O) groups is 2. The minimum Gasteiger partial charge on any atom is -0.343 e. The van der Waals surface area contributed by atoms with Gasteiger partial charge in [0.1, 0.15) is 10.5 Å². The van der Waals surface area contributed by atoms with E-state index in [1.807, 2.05) is 24.3 Å². The molecule has 1 aromatic carbocycles. The zero-order valence-electron chi connectivity index (χ0n) is 21.3. The van der Waals surface area contributed by atoms with E-state index in [0.29, 0.717) is 22.2 Å². The van der Waals surface area contributed by atoms with Crippen LogP contribution in [0.2, 0.25) is 0 Å². The summed E-state index contributed by atoms with van der Waals surface area (Å²) in [5.41, 5.74) is 10.6. The van der Waals surface area contributed by atoms with Crippen molar-refractivity contribution in [2.24, 2.45) is 17.1 Å². The Morgan fingerprint density at radius 1 is 1.22 bits per heavy atom. The van der Waals surface area contributed by atoms with Crippen molar-refractivity contribution in [3.63, 3.8) is 0 Å². The first-order valence-corrected chi connectivity index (χ1v) is 13.4. The number of amides is 2. The second-order valence-corrected chi connectivity index (χ2v) is 11.7. The third kappa shape index (κ3) is 5.42. The van der Waals surface area contributed by atoms with Crippen LogP contribution < -0.4 is 16.4 Å². The van der Waals surface area contributed by atoms with Gasteiger partial charge in [-0.1, -0.05) is 32.9 Å². The summed E-state index contributed by atoms with van der Waals surface area (Å²) in [7, 11) is 0. The molecule has 0 fully saturated rings. The number of benzene rings is 1. The molecule has 5 rings (SSSR count). The average Bonchev–Trinajstić information content (AvgIpc) is 3.55. The van der Waals surface area contributed by atoms with Crippen LogP contribution in [0.4, 0.5) is 5.69 Å². The molecule has 192 valence electrons. The second-order valence-electron chi connectivity index (χ2n) is 10.7. The number of aromatic nitrogens is 3. The zero-order valence-corrected chi connectivity index (χ0v) is 22.1. The molecule has 8 nitrogen and oxygen atoms in total. The molecule has 0 saturated carbocycles. The molecule has 37 heavy (non-hydrogen) atoms. The van der Waals surface area contributed by atoms with Crippen molar-refractivity contribution in [2.75, 3.05) is 11.9 Å². The summed E-state index contributed by atoms with van der Waals surface area (Å²) in [6.45, 7) is 7.13. The lowest BCUT2D eigenvalue weighted by molar-refractivity contribution is 0.0941. The van der Waals surface area contributed by atoms with Gasteiger partial charge >= 0.3 is 0 Å². The summed E-state index contributed by atoms with van der Waals surface area (Å²) in [5.74, 6) is 0.152. The Morgan fingerprint density at radius 2 is 2.05 bits per heavy atom. The van der Waals surface area contributed by atoms with Crippen LogP contribution in [0.5, 0.6) is 0 Å². The lowest BCUT2D eigenvalue weighted by Gasteiger charge is -2.34. The number of nitrogens with one attached hydrogen (secondary N) is 3. The highest BCUT2D eigenvalue weighted by Crippen LogP contribution is 2.38. The minimum atomic E-state index is -0.407. The Labute approximate surface area is 220 Å². The van der Waals surface area contributed by atoms with Gasteiger partial charge in [-0.2, -0.15) is 0 Å². The fourth-order valence-electron chi connectivity index (χ4n) is 4.89. The summed E-state index contributed by atoms with van der Waals surface area (Å²) < 4.78 is 0. The third-order valence-corrected chi connectivity index (χ3v) is 8.20. The van der Waals surface area contributed by atoms with Crippen LogP contribution in [0.3, 0.4) is 0 Å². The zero-order chi connectivity index (χ0) is 26.2. The number of hydrogen-bond acceptors (Lipinski definition) is 6. The number of aryl methyl sites for hydroxylation is 1. The van der Waals surface area contributed by atoms with Crippen LogP contribution in [0.1, 0.15) is 70.2 Å². The Hall–Kier alpha value is -3.56. The number of thiophene rings is 1. The maximum absolute atomic E-state index is 13.2. The van der Waals surface area contributed by atoms with E-state index < -0.39 is 6.04 Å². The van der Waals surface area contributed by atoms with Gasteiger partial charge in [-0.05, 0) is 66.0 Å². The molecule has 1 aliphatic rings. The smallest absolute Gasteiger partial charge is 0.273 e. The van der Waals surface area contributed by atoms with E-state index in [0.717, 1.165) is 40.7 Å². The molecule has 0 saturated heterocycles. The maximum atomic E-state index is 13.2. The first kappa shape index (κ1) is 25.1. The van der Waals surface area contributed by atoms with Gasteiger partial charge < -0.3 is 21.4 Å². The molecule has 5 N–H and O–H groups in total. The number of pyridine rings is 1. The van der Waals surface area contributed by atoms with Gasteiger partial charge in [0.2, 0.25) is 0 Å². The predicted molar refractivity (Wildman–Crippen MR) is 147 cm³/mol. The van der Waals surface area contributed by atoms with Crippen LogP contribution in [0, 0.1) is 11.3 Å². The van der Waals surface area contributed by atoms with Crippen LogP contribution >= 0.6 is 11.3 Å². The molecule has 4 aromatic rings. The lowest BCUT2D eigenvalue weighted by atomic mass is 9.71. The van der Waals surface area contributed by atoms with Crippen molar-refractivity contribution in [1.29, 1.82) is 0 Å². The first-order chi connectivity index (χ1) is 17.7. The van der Waals surface area contributed by atoms with Gasteiger partial charge in [-0.15, -0.1) is 11.3 Å². The highest BCUT2D eigenvalue weighted by Gasteiger charge is 2.30. The van der Waals surface area contributed by atoms with E-state index in [4.69, 9.17) is 10.7 Å². The quantitative estimate of drug-likeness (QED) is 0.291. The molecule has 0 unspecified atom stereocenters. The summed E-state index contributed by atoms with van der Waals surface area (Å²) in [6.07, 6.45) is 6.07. The molecule has 2 amide bonds. The number of anilines is 1. The van der Waals surface area contributed by atoms with Crippen molar-refractivity contribution in [3.05, 3.63) is 76.3 Å². The van der Waals surface area contributed by atoms with E-state index >= 15 is 0 Å². The molecular weight excluding hydrogens is 484 g/mol. The normalized spacial score (nSPS) is 16.3. The highest BCUT2D eigenvalue weighted by atomic mass is 32.1. The van der Waals surface area contributed by atoms with E-state index in [2.05, 4.69) is 47.4 Å². The average molecular weight is 517 g/mol. The molecule has 0 spiro atoms. The van der Waals surface area contributed by atoms with Crippen LogP contribution in [0.15, 0.2) is 48.9 Å². The Kier molecular flexibility index (Phi) is 6.83. The summed E-state index contributed by atoms with van der Waals surface area (Å²) in [5, 5.41) is 6.90. The van der Waals surface area contributed by atoms with Crippen molar-refractivity contribution in [2.45, 2.75) is 46.1 Å². The van der Waals surface area contributed by atoms with E-state index in [9.17, 15) is 9.59 Å². The molecule has 3 heterocycles. The Bertz CT molecular complexity index is 1440. The van der Waals surface area contributed by atoms with Gasteiger partial charge in [0.25, 0.3) is 11.8 Å². The number of nitrogens with two attached hydrogens (primary N) is 1. The van der Waals surface area contributed by atoms with Gasteiger partial charge in [0, 0.05) is 23.3 Å².